The Kier molecular flexibility index (Phi) is 4.83. The van der Waals surface area contributed by atoms with Crippen LogP contribution < -0.4 is 5.32 Å². The summed E-state index contributed by atoms with van der Waals surface area (Å²) in [7, 11) is 0. The zero-order valence-corrected chi connectivity index (χ0v) is 12.0. The second kappa shape index (κ2) is 6.40. The minimum absolute atomic E-state index is 0.163. The van der Waals surface area contributed by atoms with E-state index in [0.717, 1.165) is 32.6 Å². The molecule has 1 saturated heterocycles. The number of phenols is 1. The van der Waals surface area contributed by atoms with Crippen molar-refractivity contribution >= 4 is 0 Å². The molecule has 1 aromatic carbocycles. The Bertz CT molecular complexity index is 397. The SMILES string of the molecule is CC(C)NCC1(Cc2cccc(O)c2)CCCOC1. The summed E-state index contributed by atoms with van der Waals surface area (Å²) in [6.07, 6.45) is 3.27. The Labute approximate surface area is 116 Å². The van der Waals surface area contributed by atoms with E-state index in [0.29, 0.717) is 11.8 Å². The van der Waals surface area contributed by atoms with Gasteiger partial charge in [0.2, 0.25) is 0 Å². The van der Waals surface area contributed by atoms with Crippen LogP contribution in [-0.2, 0) is 11.2 Å². The molecule has 3 heteroatoms. The molecule has 0 saturated carbocycles. The maximum Gasteiger partial charge on any atom is 0.115 e. The Morgan fingerprint density at radius 2 is 2.26 bits per heavy atom. The minimum Gasteiger partial charge on any atom is -0.508 e. The standard InChI is InChI=1S/C16H25NO2/c1-13(2)17-11-16(7-4-8-19-12-16)10-14-5-3-6-15(18)9-14/h3,5-6,9,13,17-18H,4,7-8,10-12H2,1-2H3. The van der Waals surface area contributed by atoms with Crippen LogP contribution >= 0.6 is 0 Å². The summed E-state index contributed by atoms with van der Waals surface area (Å²) < 4.78 is 5.72. The van der Waals surface area contributed by atoms with E-state index in [1.165, 1.54) is 12.0 Å². The highest BCUT2D eigenvalue weighted by Crippen LogP contribution is 2.32. The van der Waals surface area contributed by atoms with Crippen LogP contribution in [-0.4, -0.2) is 30.9 Å². The van der Waals surface area contributed by atoms with Gasteiger partial charge in [0.1, 0.15) is 5.75 Å². The number of nitrogens with one attached hydrogen (secondary N) is 1. The number of hydrogen-bond donors (Lipinski definition) is 2. The molecule has 1 aliphatic heterocycles. The quantitative estimate of drug-likeness (QED) is 0.858. The van der Waals surface area contributed by atoms with Crippen LogP contribution in [0.15, 0.2) is 24.3 Å². The van der Waals surface area contributed by atoms with E-state index in [4.69, 9.17) is 4.74 Å². The van der Waals surface area contributed by atoms with Crippen molar-refractivity contribution in [3.8, 4) is 5.75 Å². The molecule has 1 fully saturated rings. The third kappa shape index (κ3) is 4.22. The first-order valence-corrected chi connectivity index (χ1v) is 7.19. The first-order chi connectivity index (χ1) is 9.10. The van der Waals surface area contributed by atoms with E-state index in [9.17, 15) is 5.11 Å². The minimum atomic E-state index is 0.163. The summed E-state index contributed by atoms with van der Waals surface area (Å²) in [5, 5.41) is 13.1. The molecule has 2 rings (SSSR count). The van der Waals surface area contributed by atoms with Crippen LogP contribution in [0, 0.1) is 5.41 Å². The number of hydrogen-bond acceptors (Lipinski definition) is 3. The second-order valence-corrected chi connectivity index (χ2v) is 6.04. The third-order valence-electron chi connectivity index (χ3n) is 3.78. The van der Waals surface area contributed by atoms with Crippen molar-refractivity contribution in [3.63, 3.8) is 0 Å². The lowest BCUT2D eigenvalue weighted by molar-refractivity contribution is -0.00803. The summed E-state index contributed by atoms with van der Waals surface area (Å²) in [6, 6.07) is 8.08. The van der Waals surface area contributed by atoms with Crippen molar-refractivity contribution in [1.29, 1.82) is 0 Å². The average Bonchev–Trinajstić information content (AvgIpc) is 2.38. The lowest BCUT2D eigenvalue weighted by atomic mass is 9.77. The van der Waals surface area contributed by atoms with E-state index in [-0.39, 0.29) is 5.41 Å². The molecule has 1 unspecified atom stereocenters. The predicted octanol–water partition coefficient (Wildman–Crippen LogP) is 2.73. The fraction of sp³-hybridized carbons (Fsp3) is 0.625. The molecule has 1 heterocycles. The highest BCUT2D eigenvalue weighted by Gasteiger charge is 2.33. The molecule has 19 heavy (non-hydrogen) atoms. The zero-order chi connectivity index (χ0) is 13.7. The molecule has 0 radical (unpaired) electrons. The van der Waals surface area contributed by atoms with Gasteiger partial charge in [-0.2, -0.15) is 0 Å². The topological polar surface area (TPSA) is 41.5 Å². The number of ether oxygens (including phenoxy) is 1. The normalized spacial score (nSPS) is 23.7. The highest BCUT2D eigenvalue weighted by atomic mass is 16.5. The molecular formula is C16H25NO2. The van der Waals surface area contributed by atoms with Crippen LogP contribution in [0.2, 0.25) is 0 Å². The molecule has 0 aliphatic carbocycles. The zero-order valence-electron chi connectivity index (χ0n) is 12.0. The largest absolute Gasteiger partial charge is 0.508 e. The van der Waals surface area contributed by atoms with Crippen molar-refractivity contribution in [2.24, 2.45) is 5.41 Å². The lowest BCUT2D eigenvalue weighted by Gasteiger charge is -2.38. The van der Waals surface area contributed by atoms with Gasteiger partial charge in [0.15, 0.2) is 0 Å². The van der Waals surface area contributed by atoms with Gasteiger partial charge in [0, 0.05) is 24.6 Å². The van der Waals surface area contributed by atoms with Gasteiger partial charge >= 0.3 is 0 Å². The fourth-order valence-corrected chi connectivity index (χ4v) is 2.77. The molecule has 1 aromatic rings. The smallest absolute Gasteiger partial charge is 0.115 e. The molecule has 0 spiro atoms. The van der Waals surface area contributed by atoms with Crippen LogP contribution in [0.1, 0.15) is 32.3 Å². The molecule has 0 bridgehead atoms. The van der Waals surface area contributed by atoms with E-state index in [2.05, 4.69) is 25.2 Å². The molecular weight excluding hydrogens is 238 g/mol. The number of aromatic hydroxyl groups is 1. The van der Waals surface area contributed by atoms with Crippen molar-refractivity contribution in [2.45, 2.75) is 39.2 Å². The van der Waals surface area contributed by atoms with E-state index < -0.39 is 0 Å². The number of rotatable bonds is 5. The molecule has 1 atom stereocenters. The van der Waals surface area contributed by atoms with Gasteiger partial charge in [-0.3, -0.25) is 0 Å². The van der Waals surface area contributed by atoms with E-state index >= 15 is 0 Å². The monoisotopic (exact) mass is 263 g/mol. The maximum absolute atomic E-state index is 9.60. The summed E-state index contributed by atoms with van der Waals surface area (Å²) in [6.45, 7) is 7.00. The first-order valence-electron chi connectivity index (χ1n) is 7.19. The van der Waals surface area contributed by atoms with Crippen LogP contribution in [0.4, 0.5) is 0 Å². The Morgan fingerprint density at radius 1 is 1.42 bits per heavy atom. The average molecular weight is 263 g/mol. The lowest BCUT2D eigenvalue weighted by Crippen LogP contribution is -2.44. The summed E-state index contributed by atoms with van der Waals surface area (Å²) >= 11 is 0. The Balaban J connectivity index is 2.08. The van der Waals surface area contributed by atoms with Crippen molar-refractivity contribution < 1.29 is 9.84 Å². The molecule has 3 nitrogen and oxygen atoms in total. The van der Waals surface area contributed by atoms with Gasteiger partial charge in [-0.15, -0.1) is 0 Å². The van der Waals surface area contributed by atoms with Crippen LogP contribution in [0.3, 0.4) is 0 Å². The Morgan fingerprint density at radius 3 is 2.89 bits per heavy atom. The van der Waals surface area contributed by atoms with Crippen molar-refractivity contribution in [2.75, 3.05) is 19.8 Å². The van der Waals surface area contributed by atoms with E-state index in [1.54, 1.807) is 6.07 Å². The van der Waals surface area contributed by atoms with Crippen molar-refractivity contribution in [3.05, 3.63) is 29.8 Å². The number of benzene rings is 1. The maximum atomic E-state index is 9.60. The van der Waals surface area contributed by atoms with Gasteiger partial charge in [-0.05, 0) is 37.0 Å². The predicted molar refractivity (Wildman–Crippen MR) is 77.4 cm³/mol. The highest BCUT2D eigenvalue weighted by molar-refractivity contribution is 5.28. The molecule has 2 N–H and O–H groups in total. The van der Waals surface area contributed by atoms with Crippen molar-refractivity contribution in [1.82, 2.24) is 5.32 Å². The third-order valence-corrected chi connectivity index (χ3v) is 3.78. The summed E-state index contributed by atoms with van der Waals surface area (Å²) in [5.74, 6) is 0.348. The molecule has 106 valence electrons. The van der Waals surface area contributed by atoms with Gasteiger partial charge in [0.25, 0.3) is 0 Å². The second-order valence-electron chi connectivity index (χ2n) is 6.04. The fourth-order valence-electron chi connectivity index (χ4n) is 2.77. The summed E-state index contributed by atoms with van der Waals surface area (Å²) in [5.41, 5.74) is 1.35. The molecule has 0 amide bonds. The molecule has 0 aromatic heterocycles. The van der Waals surface area contributed by atoms with Gasteiger partial charge in [-0.1, -0.05) is 26.0 Å². The van der Waals surface area contributed by atoms with E-state index in [1.807, 2.05) is 12.1 Å². The Hall–Kier alpha value is -1.06. The van der Waals surface area contributed by atoms with Gasteiger partial charge < -0.3 is 15.2 Å². The first kappa shape index (κ1) is 14.4. The van der Waals surface area contributed by atoms with Gasteiger partial charge in [-0.25, -0.2) is 0 Å². The van der Waals surface area contributed by atoms with Gasteiger partial charge in [0.05, 0.1) is 6.61 Å². The summed E-state index contributed by atoms with van der Waals surface area (Å²) in [4.78, 5) is 0. The van der Waals surface area contributed by atoms with Crippen LogP contribution in [0.5, 0.6) is 5.75 Å². The van der Waals surface area contributed by atoms with Crippen LogP contribution in [0.25, 0.3) is 0 Å². The molecule has 1 aliphatic rings. The number of phenolic OH excluding ortho intramolecular Hbond substituents is 1.